The van der Waals surface area contributed by atoms with Crippen LogP contribution in [0.25, 0.3) is 23.3 Å². The van der Waals surface area contributed by atoms with Crippen LogP contribution in [0.3, 0.4) is 0 Å². The molecule has 0 aliphatic carbocycles. The highest BCUT2D eigenvalue weighted by Gasteiger charge is 2.02. The fourth-order valence-electron chi connectivity index (χ4n) is 2.77. The Balaban J connectivity index is 2.31. The lowest BCUT2D eigenvalue weighted by Gasteiger charge is -2.01. The highest BCUT2D eigenvalue weighted by atomic mass is 16.5. The standard InChI is InChI=1S/C18H12O3/c19-13-2-5-15-11(7-13)1-4-17-16-6-3-14(20)8-12(16)9-21-10-18(15)17/h1-10,19-20H. The van der Waals surface area contributed by atoms with Crippen LogP contribution in [0.2, 0.25) is 0 Å². The second kappa shape index (κ2) is 4.28. The average molecular weight is 276 g/mol. The maximum Gasteiger partial charge on any atom is 0.116 e. The molecule has 2 N–H and O–H groups in total. The first-order valence-corrected chi connectivity index (χ1v) is 6.63. The van der Waals surface area contributed by atoms with Gasteiger partial charge >= 0.3 is 0 Å². The molecule has 0 radical (unpaired) electrons. The van der Waals surface area contributed by atoms with E-state index in [4.69, 9.17) is 4.74 Å². The van der Waals surface area contributed by atoms with E-state index in [1.54, 1.807) is 36.8 Å². The van der Waals surface area contributed by atoms with E-state index in [2.05, 4.69) is 0 Å². The topological polar surface area (TPSA) is 49.7 Å². The zero-order chi connectivity index (χ0) is 14.4. The van der Waals surface area contributed by atoms with Gasteiger partial charge in [0.1, 0.15) is 11.5 Å². The molecule has 4 rings (SSSR count). The van der Waals surface area contributed by atoms with Gasteiger partial charge in [0.15, 0.2) is 0 Å². The third-order valence-electron chi connectivity index (χ3n) is 3.75. The monoisotopic (exact) mass is 276 g/mol. The minimum atomic E-state index is 0.211. The molecule has 21 heavy (non-hydrogen) atoms. The molecule has 1 aliphatic rings. The zero-order valence-corrected chi connectivity index (χ0v) is 11.1. The SMILES string of the molecule is Oc1ccc2c(c1)=COC=c1c=2ccc2cc(O)ccc12. The first-order valence-electron chi connectivity index (χ1n) is 6.63. The van der Waals surface area contributed by atoms with Crippen LogP contribution in [0.1, 0.15) is 0 Å². The number of rotatable bonds is 0. The van der Waals surface area contributed by atoms with Crippen molar-refractivity contribution >= 4 is 23.3 Å². The molecule has 0 saturated carbocycles. The highest BCUT2D eigenvalue weighted by molar-refractivity contribution is 5.85. The first kappa shape index (κ1) is 11.9. The van der Waals surface area contributed by atoms with Crippen molar-refractivity contribution < 1.29 is 14.9 Å². The molecule has 0 atom stereocenters. The van der Waals surface area contributed by atoms with Gasteiger partial charge in [-0.05, 0) is 57.6 Å². The number of phenols is 2. The van der Waals surface area contributed by atoms with E-state index >= 15 is 0 Å². The number of hydrogen-bond acceptors (Lipinski definition) is 3. The number of benzene rings is 3. The van der Waals surface area contributed by atoms with Gasteiger partial charge in [0.25, 0.3) is 0 Å². The van der Waals surface area contributed by atoms with E-state index in [1.165, 1.54) is 0 Å². The zero-order valence-electron chi connectivity index (χ0n) is 11.1. The second-order valence-electron chi connectivity index (χ2n) is 5.08. The second-order valence-corrected chi connectivity index (χ2v) is 5.08. The smallest absolute Gasteiger partial charge is 0.116 e. The fraction of sp³-hybridized carbons (Fsp3) is 0. The summed E-state index contributed by atoms with van der Waals surface area (Å²) in [7, 11) is 0. The minimum absolute atomic E-state index is 0.211. The van der Waals surface area contributed by atoms with Crippen LogP contribution < -0.4 is 10.4 Å². The summed E-state index contributed by atoms with van der Waals surface area (Å²) < 4.78 is 5.52. The summed E-state index contributed by atoms with van der Waals surface area (Å²) in [6, 6.07) is 14.5. The van der Waals surface area contributed by atoms with E-state index in [0.29, 0.717) is 0 Å². The van der Waals surface area contributed by atoms with Crippen molar-refractivity contribution in [3.8, 4) is 11.5 Å². The molecule has 3 aromatic rings. The summed E-state index contributed by atoms with van der Waals surface area (Å²) in [5, 5.41) is 25.0. The number of aromatic hydroxyl groups is 2. The van der Waals surface area contributed by atoms with Gasteiger partial charge in [-0.15, -0.1) is 0 Å². The Hall–Kier alpha value is -2.94. The predicted octanol–water partition coefficient (Wildman–Crippen LogP) is 2.04. The van der Waals surface area contributed by atoms with Crippen molar-refractivity contribution in [1.82, 2.24) is 0 Å². The van der Waals surface area contributed by atoms with E-state index in [1.807, 2.05) is 24.3 Å². The Labute approximate surface area is 120 Å². The Morgan fingerprint density at radius 1 is 0.714 bits per heavy atom. The lowest BCUT2D eigenvalue weighted by atomic mass is 10.0. The Bertz CT molecular complexity index is 1080. The molecule has 3 heteroatoms. The number of phenolic OH excluding ortho intramolecular Hbond substituents is 2. The molecule has 3 aromatic carbocycles. The van der Waals surface area contributed by atoms with Gasteiger partial charge in [0, 0.05) is 10.4 Å². The minimum Gasteiger partial charge on any atom is -0.508 e. The first-order chi connectivity index (χ1) is 10.2. The summed E-state index contributed by atoms with van der Waals surface area (Å²) in [4.78, 5) is 0. The molecule has 0 fully saturated rings. The Morgan fingerprint density at radius 2 is 1.48 bits per heavy atom. The molecular formula is C18H12O3. The Kier molecular flexibility index (Phi) is 2.42. The maximum atomic E-state index is 9.62. The molecule has 0 amide bonds. The molecule has 0 saturated heterocycles. The van der Waals surface area contributed by atoms with Crippen LogP contribution in [0.15, 0.2) is 48.5 Å². The van der Waals surface area contributed by atoms with Crippen LogP contribution >= 0.6 is 0 Å². The van der Waals surface area contributed by atoms with Gasteiger partial charge in [-0.25, -0.2) is 0 Å². The van der Waals surface area contributed by atoms with Crippen molar-refractivity contribution in [3.63, 3.8) is 0 Å². The maximum absolute atomic E-state index is 9.62. The van der Waals surface area contributed by atoms with Gasteiger partial charge in [-0.2, -0.15) is 0 Å². The summed E-state index contributed by atoms with van der Waals surface area (Å²) in [6.45, 7) is 0. The third kappa shape index (κ3) is 1.82. The molecule has 0 unspecified atom stereocenters. The normalized spacial score (nSPS) is 12.4. The molecule has 0 bridgehead atoms. The van der Waals surface area contributed by atoms with Crippen molar-refractivity contribution in [2.75, 3.05) is 0 Å². The Morgan fingerprint density at radius 3 is 2.38 bits per heavy atom. The van der Waals surface area contributed by atoms with Crippen molar-refractivity contribution in [2.24, 2.45) is 0 Å². The van der Waals surface area contributed by atoms with Gasteiger partial charge in [-0.1, -0.05) is 12.1 Å². The highest BCUT2D eigenvalue weighted by Crippen LogP contribution is 2.17. The van der Waals surface area contributed by atoms with Gasteiger partial charge in [0.05, 0.1) is 12.5 Å². The third-order valence-corrected chi connectivity index (χ3v) is 3.75. The molecule has 3 nitrogen and oxygen atoms in total. The van der Waals surface area contributed by atoms with E-state index in [9.17, 15) is 10.2 Å². The van der Waals surface area contributed by atoms with Crippen molar-refractivity contribution in [3.05, 3.63) is 69.4 Å². The molecule has 102 valence electrons. The molecule has 0 aromatic heterocycles. The van der Waals surface area contributed by atoms with Crippen molar-refractivity contribution in [1.29, 1.82) is 0 Å². The summed E-state index contributed by atoms with van der Waals surface area (Å²) in [5.41, 5.74) is 0. The quantitative estimate of drug-likeness (QED) is 0.660. The van der Waals surface area contributed by atoms with Crippen LogP contribution in [0.4, 0.5) is 0 Å². The summed E-state index contributed by atoms with van der Waals surface area (Å²) >= 11 is 0. The summed E-state index contributed by atoms with van der Waals surface area (Å²) in [6.07, 6.45) is 3.33. The predicted molar refractivity (Wildman–Crippen MR) is 80.7 cm³/mol. The van der Waals surface area contributed by atoms with Crippen LogP contribution in [0.5, 0.6) is 11.5 Å². The van der Waals surface area contributed by atoms with E-state index in [-0.39, 0.29) is 11.5 Å². The van der Waals surface area contributed by atoms with Gasteiger partial charge in [-0.3, -0.25) is 0 Å². The van der Waals surface area contributed by atoms with Gasteiger partial charge in [0.2, 0.25) is 0 Å². The lowest BCUT2D eigenvalue weighted by molar-refractivity contribution is 0.473. The summed E-state index contributed by atoms with van der Waals surface area (Å²) in [5.74, 6) is 0.455. The molecule has 1 aliphatic heterocycles. The van der Waals surface area contributed by atoms with Crippen LogP contribution in [0, 0.1) is 10.4 Å². The number of hydrogen-bond donors (Lipinski definition) is 2. The van der Waals surface area contributed by atoms with E-state index < -0.39 is 0 Å². The van der Waals surface area contributed by atoms with Gasteiger partial charge < -0.3 is 14.9 Å². The molecule has 0 spiro atoms. The largest absolute Gasteiger partial charge is 0.508 e. The molecule has 1 heterocycles. The molecular weight excluding hydrogens is 264 g/mol. The lowest BCUT2D eigenvalue weighted by Crippen LogP contribution is -2.08. The van der Waals surface area contributed by atoms with Crippen LogP contribution in [-0.2, 0) is 4.74 Å². The van der Waals surface area contributed by atoms with Crippen LogP contribution in [-0.4, -0.2) is 10.2 Å². The van der Waals surface area contributed by atoms with E-state index in [0.717, 1.165) is 31.6 Å². The number of fused-ring (bicyclic) bond motifs is 4. The average Bonchev–Trinajstić information content (AvgIpc) is 2.65. The van der Waals surface area contributed by atoms with Crippen molar-refractivity contribution in [2.45, 2.75) is 0 Å². The number of ether oxygens (including phenoxy) is 1. The fourth-order valence-corrected chi connectivity index (χ4v) is 2.77.